The zero-order valence-electron chi connectivity index (χ0n) is 30.2. The molecule has 2 saturated heterocycles. The van der Waals surface area contributed by atoms with Crippen LogP contribution < -0.4 is 20.4 Å². The number of fused-ring (bicyclic) bond motifs is 1. The minimum atomic E-state index is -1.22. The number of ether oxygens (including phenoxy) is 3. The van der Waals surface area contributed by atoms with Crippen LogP contribution in [0.4, 0.5) is 27.9 Å². The number of morpholine rings is 1. The summed E-state index contributed by atoms with van der Waals surface area (Å²) in [5.41, 5.74) is 3.31. The molecule has 268 valence electrons. The van der Waals surface area contributed by atoms with Gasteiger partial charge >= 0.3 is 6.09 Å². The molecule has 14 heteroatoms. The second-order valence-electron chi connectivity index (χ2n) is 15.2. The molecule has 0 aliphatic carbocycles. The second kappa shape index (κ2) is 15.3. The van der Waals surface area contributed by atoms with Crippen LogP contribution >= 0.6 is 0 Å². The highest BCUT2D eigenvalue weighted by Gasteiger charge is 2.25. The number of hydrogen-bond acceptors (Lipinski definition) is 11. The number of anilines is 4. The molecule has 50 heavy (non-hydrogen) atoms. The first-order valence-corrected chi connectivity index (χ1v) is 21.3. The Morgan fingerprint density at radius 2 is 1.78 bits per heavy atom. The van der Waals surface area contributed by atoms with Gasteiger partial charge in [0.05, 0.1) is 36.7 Å². The maximum absolute atomic E-state index is 12.3. The van der Waals surface area contributed by atoms with Crippen molar-refractivity contribution in [2.24, 2.45) is 0 Å². The zero-order chi connectivity index (χ0) is 35.3. The number of hydrogen-bond donors (Lipinski definition) is 2. The highest BCUT2D eigenvalue weighted by Crippen LogP contribution is 2.33. The predicted octanol–water partition coefficient (Wildman–Crippen LogP) is 6.27. The minimum Gasteiger partial charge on any atom is -0.444 e. The molecule has 1 aromatic carbocycles. The van der Waals surface area contributed by atoms with E-state index in [1.807, 2.05) is 32.9 Å². The summed E-state index contributed by atoms with van der Waals surface area (Å²) in [6.07, 6.45) is 6.63. The minimum absolute atomic E-state index is 0.00914. The molecule has 2 fully saturated rings. The van der Waals surface area contributed by atoms with Crippen molar-refractivity contribution in [3.05, 3.63) is 49.1 Å². The standard InChI is InChI=1S/C36H51N9O4Si/c1-36(2,3)49-35(46)42-28-8-7-13-44(23-28)32-22-37-31(21-38-32)41-27-11-9-26(10-12-27)30-20-29-33(43-14-16-47-17-15-43)39-24-40-34(29)45(30)25-48-18-19-50(4,5)6/h9-12,20-22,24,28H,7-8,13-19,23,25H2,1-6H3,(H,37,41)(H,42,46)/t28-/m1/s1. The molecule has 4 aromatic rings. The van der Waals surface area contributed by atoms with Gasteiger partial charge in [-0.2, -0.15) is 0 Å². The van der Waals surface area contributed by atoms with E-state index in [0.717, 1.165) is 84.7 Å². The quantitative estimate of drug-likeness (QED) is 0.135. The van der Waals surface area contributed by atoms with Gasteiger partial charge in [-0.05, 0) is 63.4 Å². The Hall–Kier alpha value is -4.27. The Bertz CT molecular complexity index is 1730. The van der Waals surface area contributed by atoms with E-state index in [0.29, 0.717) is 32.3 Å². The SMILES string of the molecule is CC(C)(C)OC(=O)N[C@@H]1CCCN(c2cnc(Nc3ccc(-c4cc5c(N6CCOCC6)ncnc5n4COCC[Si](C)(C)C)cc3)cn2)C1. The first-order chi connectivity index (χ1) is 23.9. The summed E-state index contributed by atoms with van der Waals surface area (Å²) in [7, 11) is -1.22. The fourth-order valence-corrected chi connectivity index (χ4v) is 6.94. The van der Waals surface area contributed by atoms with Crippen molar-refractivity contribution in [2.45, 2.75) is 77.7 Å². The number of carbonyl (C=O) groups is 1. The van der Waals surface area contributed by atoms with Crippen molar-refractivity contribution in [1.29, 1.82) is 0 Å². The van der Waals surface area contributed by atoms with Crippen LogP contribution in [0.2, 0.25) is 25.7 Å². The molecule has 0 spiro atoms. The summed E-state index contributed by atoms with van der Waals surface area (Å²) in [4.78, 5) is 35.5. The third-order valence-electron chi connectivity index (χ3n) is 8.75. The maximum Gasteiger partial charge on any atom is 0.407 e. The molecule has 0 saturated carbocycles. The lowest BCUT2D eigenvalue weighted by molar-refractivity contribution is 0.0500. The lowest BCUT2D eigenvalue weighted by atomic mass is 10.1. The smallest absolute Gasteiger partial charge is 0.407 e. The molecule has 0 bridgehead atoms. The van der Waals surface area contributed by atoms with E-state index in [4.69, 9.17) is 24.2 Å². The Morgan fingerprint density at radius 1 is 1.00 bits per heavy atom. The topological polar surface area (TPSA) is 132 Å². The van der Waals surface area contributed by atoms with Crippen molar-refractivity contribution in [1.82, 2.24) is 29.8 Å². The van der Waals surface area contributed by atoms with Gasteiger partial charge in [-0.25, -0.2) is 24.7 Å². The van der Waals surface area contributed by atoms with Gasteiger partial charge in [0.25, 0.3) is 0 Å². The number of nitrogens with one attached hydrogen (secondary N) is 2. The molecule has 0 radical (unpaired) electrons. The average molecular weight is 702 g/mol. The van der Waals surface area contributed by atoms with Crippen molar-refractivity contribution in [3.8, 4) is 11.3 Å². The predicted molar refractivity (Wildman–Crippen MR) is 200 cm³/mol. The van der Waals surface area contributed by atoms with Crippen molar-refractivity contribution < 1.29 is 19.0 Å². The normalized spacial score (nSPS) is 17.2. The van der Waals surface area contributed by atoms with Crippen LogP contribution in [0.1, 0.15) is 33.6 Å². The largest absolute Gasteiger partial charge is 0.444 e. The lowest BCUT2D eigenvalue weighted by Crippen LogP contribution is -2.49. The molecule has 3 aromatic heterocycles. The van der Waals surface area contributed by atoms with Crippen molar-refractivity contribution in [3.63, 3.8) is 0 Å². The number of benzene rings is 1. The Morgan fingerprint density at radius 3 is 2.48 bits per heavy atom. The van der Waals surface area contributed by atoms with Crippen LogP contribution in [0.25, 0.3) is 22.3 Å². The first kappa shape index (κ1) is 35.5. The molecule has 2 N–H and O–H groups in total. The maximum atomic E-state index is 12.3. The van der Waals surface area contributed by atoms with E-state index in [1.54, 1.807) is 18.7 Å². The van der Waals surface area contributed by atoms with Gasteiger partial charge in [0.2, 0.25) is 0 Å². The van der Waals surface area contributed by atoms with Crippen LogP contribution in [-0.4, -0.2) is 96.3 Å². The fourth-order valence-electron chi connectivity index (χ4n) is 6.18. The van der Waals surface area contributed by atoms with Crippen LogP contribution in [-0.2, 0) is 20.9 Å². The Balaban J connectivity index is 1.15. The molecule has 13 nitrogen and oxygen atoms in total. The first-order valence-electron chi connectivity index (χ1n) is 17.6. The van der Waals surface area contributed by atoms with Gasteiger partial charge in [0, 0.05) is 52.6 Å². The highest BCUT2D eigenvalue weighted by atomic mass is 28.3. The van der Waals surface area contributed by atoms with E-state index >= 15 is 0 Å². The molecular formula is C36H51N9O4Si. The van der Waals surface area contributed by atoms with Gasteiger partial charge in [0.1, 0.15) is 41.8 Å². The monoisotopic (exact) mass is 701 g/mol. The third kappa shape index (κ3) is 9.28. The highest BCUT2D eigenvalue weighted by molar-refractivity contribution is 6.76. The zero-order valence-corrected chi connectivity index (χ0v) is 31.2. The van der Waals surface area contributed by atoms with E-state index in [9.17, 15) is 4.79 Å². The molecule has 1 atom stereocenters. The van der Waals surface area contributed by atoms with Crippen LogP contribution in [0.3, 0.4) is 0 Å². The molecule has 5 heterocycles. The number of rotatable bonds is 11. The number of nitrogens with zero attached hydrogens (tertiary/aromatic N) is 7. The second-order valence-corrected chi connectivity index (χ2v) is 20.9. The Labute approximate surface area is 295 Å². The van der Waals surface area contributed by atoms with Gasteiger partial charge in [-0.3, -0.25) is 0 Å². The van der Waals surface area contributed by atoms with Crippen molar-refractivity contribution >= 4 is 48.3 Å². The summed E-state index contributed by atoms with van der Waals surface area (Å²) in [5.74, 6) is 2.36. The number of amides is 1. The van der Waals surface area contributed by atoms with E-state index in [2.05, 4.69) is 72.8 Å². The summed E-state index contributed by atoms with van der Waals surface area (Å²) in [6.45, 7) is 18.3. The summed E-state index contributed by atoms with van der Waals surface area (Å²) in [5, 5.41) is 7.39. The molecule has 2 aliphatic rings. The Kier molecular flexibility index (Phi) is 10.9. The van der Waals surface area contributed by atoms with Crippen molar-refractivity contribution in [2.75, 3.05) is 61.1 Å². The summed E-state index contributed by atoms with van der Waals surface area (Å²) >= 11 is 0. The molecule has 1 amide bonds. The van der Waals surface area contributed by atoms with Crippen LogP contribution in [0.5, 0.6) is 0 Å². The van der Waals surface area contributed by atoms with Gasteiger partial charge in [-0.1, -0.05) is 31.8 Å². The van der Waals surface area contributed by atoms with Crippen LogP contribution in [0, 0.1) is 0 Å². The number of aromatic nitrogens is 5. The summed E-state index contributed by atoms with van der Waals surface area (Å²) in [6, 6.07) is 11.6. The third-order valence-corrected chi connectivity index (χ3v) is 10.5. The summed E-state index contributed by atoms with van der Waals surface area (Å²) < 4.78 is 19.5. The van der Waals surface area contributed by atoms with Crippen LogP contribution in [0.15, 0.2) is 49.1 Å². The molecule has 0 unspecified atom stereocenters. The van der Waals surface area contributed by atoms with Gasteiger partial charge < -0.3 is 39.2 Å². The molecule has 2 aliphatic heterocycles. The van der Waals surface area contributed by atoms with Gasteiger partial charge in [-0.15, -0.1) is 0 Å². The number of alkyl carbamates (subject to hydrolysis) is 1. The van der Waals surface area contributed by atoms with E-state index in [-0.39, 0.29) is 12.1 Å². The van der Waals surface area contributed by atoms with E-state index < -0.39 is 13.7 Å². The lowest BCUT2D eigenvalue weighted by Gasteiger charge is -2.34. The fraction of sp³-hybridized carbons (Fsp3) is 0.528. The molecular weight excluding hydrogens is 651 g/mol. The molecule has 6 rings (SSSR count). The number of carbonyl (C=O) groups excluding carboxylic acids is 1. The van der Waals surface area contributed by atoms with Gasteiger partial charge in [0.15, 0.2) is 0 Å². The average Bonchev–Trinajstić information content (AvgIpc) is 3.45. The number of piperidine rings is 1. The van der Waals surface area contributed by atoms with E-state index in [1.165, 1.54) is 0 Å².